The summed E-state index contributed by atoms with van der Waals surface area (Å²) in [6.45, 7) is 1.20. The number of rotatable bonds is 15. The molecule has 22 heteroatoms. The highest BCUT2D eigenvalue weighted by molar-refractivity contribution is 7.46. The van der Waals surface area contributed by atoms with Crippen LogP contribution >= 0.6 is 15.6 Å². The number of phosphoric acid groups is 2. The molecule has 2 saturated carbocycles. The van der Waals surface area contributed by atoms with Crippen LogP contribution in [0.25, 0.3) is 0 Å². The van der Waals surface area contributed by atoms with Crippen molar-refractivity contribution in [3.8, 4) is 0 Å². The lowest BCUT2D eigenvalue weighted by molar-refractivity contribution is -0.233. The van der Waals surface area contributed by atoms with Gasteiger partial charge in [0.05, 0.1) is 32.0 Å². The highest BCUT2D eigenvalue weighted by Gasteiger charge is 2.41. The molecule has 0 radical (unpaired) electrons. The molecule has 2 heterocycles. The Hall–Kier alpha value is -3.45. The van der Waals surface area contributed by atoms with E-state index in [1.807, 2.05) is 6.08 Å². The highest BCUT2D eigenvalue weighted by Crippen LogP contribution is 2.50. The second kappa shape index (κ2) is 18.7. The third-order valence-corrected chi connectivity index (χ3v) is 12.0. The smallest absolute Gasteiger partial charge is 0.407 e. The minimum atomic E-state index is -5.15. The summed E-state index contributed by atoms with van der Waals surface area (Å²) < 4.78 is 54.2. The first-order valence-electron chi connectivity index (χ1n) is 18.2. The van der Waals surface area contributed by atoms with Crippen molar-refractivity contribution >= 4 is 21.7 Å². The summed E-state index contributed by atoms with van der Waals surface area (Å²) in [5.74, 6) is -1.67. The van der Waals surface area contributed by atoms with Gasteiger partial charge in [0.2, 0.25) is 0 Å². The molecule has 0 saturated heterocycles. The van der Waals surface area contributed by atoms with E-state index in [4.69, 9.17) is 22.8 Å². The topological polar surface area (TPSA) is 285 Å². The van der Waals surface area contributed by atoms with E-state index in [0.29, 0.717) is 12.8 Å². The lowest BCUT2D eigenvalue weighted by atomic mass is 10.0. The molecule has 2 aromatic rings. The summed E-state index contributed by atoms with van der Waals surface area (Å²) >= 11 is 0. The second-order valence-electron chi connectivity index (χ2n) is 14.2. The Morgan fingerprint density at radius 2 is 1.42 bits per heavy atom. The number of hydrogen-bond acceptors (Lipinski definition) is 15. The van der Waals surface area contributed by atoms with Gasteiger partial charge in [0.1, 0.15) is 6.10 Å². The van der Waals surface area contributed by atoms with Crippen molar-refractivity contribution in [1.29, 1.82) is 0 Å². The highest BCUT2D eigenvalue weighted by atomic mass is 31.2. The summed E-state index contributed by atoms with van der Waals surface area (Å²) in [4.78, 5) is 91.2. The predicted octanol–water partition coefficient (Wildman–Crippen LogP) is 0.954. The number of carbonyl (C=O) groups excluding carboxylic acids is 1. The number of aryl methyl sites for hydroxylation is 2. The van der Waals surface area contributed by atoms with Crippen molar-refractivity contribution in [2.24, 2.45) is 11.8 Å². The number of nitrogens with one attached hydrogen (secondary N) is 3. The van der Waals surface area contributed by atoms with E-state index in [9.17, 15) is 48.0 Å². The molecule has 0 bridgehead atoms. The molecule has 3 aliphatic carbocycles. The molecule has 5 rings (SSSR count). The Balaban J connectivity index is 1.17. The number of carbonyl (C=O) groups is 1. The van der Waals surface area contributed by atoms with Crippen LogP contribution in [0, 0.1) is 25.7 Å². The molecule has 2 aromatic heterocycles. The SMILES string of the molecule is Cc1cn([C@H]2CC(O)[C@@H](COP(=O)([O-])OC3C[C@H](n4cc(C)c(=O)[nH]c4=O)C[C@@H]3COP(=O)([O-])OCCNC(=O)OC3CC/C=C/CCC3)C2)c(=O)[nH]c1=O. The fourth-order valence-corrected chi connectivity index (χ4v) is 8.93. The van der Waals surface area contributed by atoms with E-state index in [1.165, 1.54) is 35.4 Å². The molecule has 0 spiro atoms. The maximum absolute atomic E-state index is 13.1. The maximum atomic E-state index is 13.1. The molecular formula is C33H47N5O15P2-2. The van der Waals surface area contributed by atoms with E-state index >= 15 is 0 Å². The van der Waals surface area contributed by atoms with Gasteiger partial charge in [-0.1, -0.05) is 12.2 Å². The molecular weight excluding hydrogens is 768 g/mol. The molecule has 0 aromatic carbocycles. The summed E-state index contributed by atoms with van der Waals surface area (Å²) in [7, 11) is -10.1. The van der Waals surface area contributed by atoms with Crippen LogP contribution in [0.3, 0.4) is 0 Å². The van der Waals surface area contributed by atoms with E-state index in [1.54, 1.807) is 0 Å². The van der Waals surface area contributed by atoms with Crippen molar-refractivity contribution in [3.63, 3.8) is 0 Å². The van der Waals surface area contributed by atoms with Crippen molar-refractivity contribution < 1.29 is 51.6 Å². The number of aromatic nitrogens is 4. The summed E-state index contributed by atoms with van der Waals surface area (Å²) in [6.07, 6.45) is 7.58. The molecule has 5 unspecified atom stereocenters. The Bertz CT molecular complexity index is 2030. The number of phosphoric ester groups is 2. The van der Waals surface area contributed by atoms with E-state index in [-0.39, 0.29) is 49.5 Å². The quantitative estimate of drug-likeness (QED) is 0.111. The van der Waals surface area contributed by atoms with Gasteiger partial charge in [-0.3, -0.25) is 37.8 Å². The Labute approximate surface area is 315 Å². The molecule has 9 atom stereocenters. The van der Waals surface area contributed by atoms with E-state index in [2.05, 4.69) is 21.4 Å². The van der Waals surface area contributed by atoms with Crippen LogP contribution in [0.1, 0.15) is 81.0 Å². The zero-order chi connectivity index (χ0) is 39.9. The number of hydrogen-bond donors (Lipinski definition) is 4. The van der Waals surface area contributed by atoms with Crippen molar-refractivity contribution in [3.05, 3.63) is 77.3 Å². The Morgan fingerprint density at radius 1 is 0.836 bits per heavy atom. The first kappa shape index (κ1) is 42.7. The molecule has 306 valence electrons. The van der Waals surface area contributed by atoms with Gasteiger partial charge in [0.25, 0.3) is 26.8 Å². The van der Waals surface area contributed by atoms with Gasteiger partial charge in [0.15, 0.2) is 0 Å². The van der Waals surface area contributed by atoms with Crippen LogP contribution in [0.2, 0.25) is 0 Å². The number of aromatic amines is 2. The minimum Gasteiger partial charge on any atom is -0.756 e. The summed E-state index contributed by atoms with van der Waals surface area (Å²) in [5.41, 5.74) is -2.09. The molecule has 1 amide bonds. The number of allylic oxidation sites excluding steroid dienone is 2. The lowest BCUT2D eigenvalue weighted by Crippen LogP contribution is -2.32. The van der Waals surface area contributed by atoms with E-state index in [0.717, 1.165) is 19.3 Å². The minimum absolute atomic E-state index is 0.00321. The van der Waals surface area contributed by atoms with Crippen LogP contribution in [0.4, 0.5) is 4.79 Å². The van der Waals surface area contributed by atoms with Gasteiger partial charge in [-0.15, -0.1) is 0 Å². The number of alkyl carbamates (subject to hydrolysis) is 1. The molecule has 20 nitrogen and oxygen atoms in total. The number of nitrogens with zero attached hydrogens (tertiary/aromatic N) is 2. The molecule has 4 N–H and O–H groups in total. The Morgan fingerprint density at radius 3 is 2.09 bits per heavy atom. The van der Waals surface area contributed by atoms with Gasteiger partial charge < -0.3 is 43.0 Å². The molecule has 2 fully saturated rings. The third-order valence-electron chi connectivity index (χ3n) is 10.1. The van der Waals surface area contributed by atoms with Gasteiger partial charge in [-0.25, -0.2) is 14.4 Å². The molecule has 0 aliphatic heterocycles. The Kier molecular flexibility index (Phi) is 14.5. The maximum Gasteiger partial charge on any atom is 0.407 e. The molecule has 3 aliphatic rings. The van der Waals surface area contributed by atoms with Crippen molar-refractivity contribution in [2.45, 2.75) is 102 Å². The third kappa shape index (κ3) is 12.0. The summed E-state index contributed by atoms with van der Waals surface area (Å²) in [6, 6.07) is -1.28. The standard InChI is InChI=1S/C33H49N5O15P2/c1-20-16-37(31(42)35-29(20)40)24-12-22(27(39)14-24)18-51-55(47,48)53-28-15-25(38-17-21(2)30(41)36-32(38)43)13-23(28)19-50-54(45,46)49-11-10-34-33(44)52-26-8-6-4-3-5-7-9-26/h3-4,16-17,22-28,39H,5-15,18-19H2,1-2H3,(H,34,44)(H,45,46)(H,47,48)(H,35,40,42)(H,36,41,43)/p-2/b4-3+/t22-,23-,24-,25-,26?,27?,28?/m1/s1. The van der Waals surface area contributed by atoms with Crippen LogP contribution in [-0.4, -0.2) is 75.0 Å². The van der Waals surface area contributed by atoms with Crippen LogP contribution in [0.5, 0.6) is 0 Å². The number of aliphatic hydroxyl groups is 1. The fourth-order valence-electron chi connectivity index (χ4n) is 7.14. The average molecular weight is 816 g/mol. The predicted molar refractivity (Wildman–Crippen MR) is 190 cm³/mol. The number of aliphatic hydroxyl groups excluding tert-OH is 1. The van der Waals surface area contributed by atoms with Crippen LogP contribution in [-0.2, 0) is 32.0 Å². The zero-order valence-corrected chi connectivity index (χ0v) is 32.3. The number of ether oxygens (including phenoxy) is 1. The largest absolute Gasteiger partial charge is 0.756 e. The lowest BCUT2D eigenvalue weighted by Gasteiger charge is -2.31. The van der Waals surface area contributed by atoms with E-state index < -0.39 is 100 Å². The zero-order valence-electron chi connectivity index (χ0n) is 30.5. The fraction of sp³-hybridized carbons (Fsp3) is 0.667. The first-order valence-corrected chi connectivity index (χ1v) is 21.1. The summed E-state index contributed by atoms with van der Waals surface area (Å²) in [5, 5.41) is 13.1. The monoisotopic (exact) mass is 815 g/mol. The average Bonchev–Trinajstić information content (AvgIpc) is 3.67. The van der Waals surface area contributed by atoms with Gasteiger partial charge in [-0.05, 0) is 71.6 Å². The first-order chi connectivity index (χ1) is 26.0. The van der Waals surface area contributed by atoms with Crippen LogP contribution in [0.15, 0.2) is 43.7 Å². The normalized spacial score (nSPS) is 28.4. The number of amides is 1. The van der Waals surface area contributed by atoms with Crippen molar-refractivity contribution in [2.75, 3.05) is 26.4 Å². The second-order valence-corrected chi connectivity index (χ2v) is 17.0. The van der Waals surface area contributed by atoms with Gasteiger partial charge >= 0.3 is 17.5 Å². The van der Waals surface area contributed by atoms with Crippen LogP contribution < -0.4 is 37.6 Å². The van der Waals surface area contributed by atoms with Gasteiger partial charge in [-0.2, -0.15) is 0 Å². The van der Waals surface area contributed by atoms with Gasteiger partial charge in [0, 0.05) is 54.0 Å². The van der Waals surface area contributed by atoms with Crippen molar-refractivity contribution in [1.82, 2.24) is 24.4 Å². The number of H-pyrrole nitrogens is 2. The molecule has 55 heavy (non-hydrogen) atoms.